The number of rotatable bonds is 6. The number of hydrogen-bond acceptors (Lipinski definition) is 3. The summed E-state index contributed by atoms with van der Waals surface area (Å²) in [6.07, 6.45) is 2.68. The third-order valence-electron chi connectivity index (χ3n) is 2.70. The molecule has 0 spiro atoms. The molecule has 15 heavy (non-hydrogen) atoms. The van der Waals surface area contributed by atoms with Crippen molar-refractivity contribution in [1.82, 2.24) is 5.32 Å². The van der Waals surface area contributed by atoms with E-state index in [4.69, 9.17) is 9.15 Å². The van der Waals surface area contributed by atoms with Crippen LogP contribution in [0.25, 0.3) is 0 Å². The average molecular weight is 211 g/mol. The molecule has 1 heterocycles. The van der Waals surface area contributed by atoms with Gasteiger partial charge in [-0.05, 0) is 45.9 Å². The van der Waals surface area contributed by atoms with E-state index < -0.39 is 0 Å². The topological polar surface area (TPSA) is 34.4 Å². The maximum Gasteiger partial charge on any atom is 0.120 e. The van der Waals surface area contributed by atoms with Crippen molar-refractivity contribution in [3.8, 4) is 0 Å². The minimum atomic E-state index is -0.0596. The van der Waals surface area contributed by atoms with Crippen LogP contribution in [0.4, 0.5) is 0 Å². The monoisotopic (exact) mass is 211 g/mol. The Bertz CT molecular complexity index is 267. The molecule has 3 nitrogen and oxygen atoms in total. The molecular weight excluding hydrogens is 190 g/mol. The van der Waals surface area contributed by atoms with Gasteiger partial charge in [-0.15, -0.1) is 0 Å². The van der Waals surface area contributed by atoms with Gasteiger partial charge in [0.2, 0.25) is 0 Å². The van der Waals surface area contributed by atoms with Crippen LogP contribution in [-0.4, -0.2) is 19.3 Å². The van der Waals surface area contributed by atoms with Crippen molar-refractivity contribution in [3.05, 3.63) is 24.2 Å². The molecule has 1 N–H and O–H groups in total. The molecule has 0 aliphatic carbocycles. The van der Waals surface area contributed by atoms with E-state index in [1.54, 1.807) is 13.4 Å². The van der Waals surface area contributed by atoms with E-state index in [0.29, 0.717) is 0 Å². The number of methoxy groups -OCH3 is 1. The highest BCUT2D eigenvalue weighted by Crippen LogP contribution is 2.15. The second kappa shape index (κ2) is 5.33. The molecule has 0 amide bonds. The minimum absolute atomic E-state index is 0.0596. The van der Waals surface area contributed by atoms with Crippen molar-refractivity contribution in [3.63, 3.8) is 0 Å². The summed E-state index contributed by atoms with van der Waals surface area (Å²) in [4.78, 5) is 0. The lowest BCUT2D eigenvalue weighted by molar-refractivity contribution is 0.0153. The summed E-state index contributed by atoms with van der Waals surface area (Å²) < 4.78 is 10.7. The molecule has 0 aliphatic rings. The van der Waals surface area contributed by atoms with Crippen LogP contribution in [-0.2, 0) is 4.74 Å². The molecule has 0 saturated heterocycles. The van der Waals surface area contributed by atoms with Gasteiger partial charge in [-0.25, -0.2) is 0 Å². The Morgan fingerprint density at radius 3 is 2.80 bits per heavy atom. The minimum Gasteiger partial charge on any atom is -0.468 e. The largest absolute Gasteiger partial charge is 0.468 e. The summed E-state index contributed by atoms with van der Waals surface area (Å²) in [6.45, 7) is 7.19. The molecule has 1 unspecified atom stereocenters. The van der Waals surface area contributed by atoms with Crippen LogP contribution >= 0.6 is 0 Å². The van der Waals surface area contributed by atoms with Crippen molar-refractivity contribution in [2.24, 2.45) is 0 Å². The van der Waals surface area contributed by atoms with Gasteiger partial charge in [0.15, 0.2) is 0 Å². The van der Waals surface area contributed by atoms with Crippen LogP contribution in [0.2, 0.25) is 0 Å². The lowest BCUT2D eigenvalue weighted by Crippen LogP contribution is -2.30. The molecule has 1 atom stereocenters. The molecule has 86 valence electrons. The molecule has 1 aromatic rings. The van der Waals surface area contributed by atoms with Crippen LogP contribution < -0.4 is 5.32 Å². The molecule has 0 aliphatic heterocycles. The summed E-state index contributed by atoms with van der Waals surface area (Å²) in [7, 11) is 1.75. The smallest absolute Gasteiger partial charge is 0.120 e. The van der Waals surface area contributed by atoms with Crippen molar-refractivity contribution < 1.29 is 9.15 Å². The fourth-order valence-electron chi connectivity index (χ4n) is 1.33. The fourth-order valence-corrected chi connectivity index (χ4v) is 1.33. The SMILES string of the molecule is COC(C)(C)CCNC(C)c1ccco1. The van der Waals surface area contributed by atoms with Crippen molar-refractivity contribution in [2.45, 2.75) is 38.8 Å². The van der Waals surface area contributed by atoms with Gasteiger partial charge < -0.3 is 14.5 Å². The predicted octanol–water partition coefficient (Wildman–Crippen LogP) is 2.75. The lowest BCUT2D eigenvalue weighted by Gasteiger charge is -2.23. The first-order valence-corrected chi connectivity index (χ1v) is 5.37. The van der Waals surface area contributed by atoms with Gasteiger partial charge in [-0.3, -0.25) is 0 Å². The van der Waals surface area contributed by atoms with Crippen molar-refractivity contribution in [1.29, 1.82) is 0 Å². The van der Waals surface area contributed by atoms with Gasteiger partial charge >= 0.3 is 0 Å². The summed E-state index contributed by atoms with van der Waals surface area (Å²) >= 11 is 0. The Balaban J connectivity index is 2.26. The highest BCUT2D eigenvalue weighted by atomic mass is 16.5. The number of ether oxygens (including phenoxy) is 1. The third-order valence-corrected chi connectivity index (χ3v) is 2.70. The Kier molecular flexibility index (Phi) is 4.36. The Labute approximate surface area is 91.8 Å². The van der Waals surface area contributed by atoms with Crippen LogP contribution in [0.5, 0.6) is 0 Å². The number of hydrogen-bond donors (Lipinski definition) is 1. The molecule has 0 aromatic carbocycles. The molecular formula is C12H21NO2. The maximum absolute atomic E-state index is 5.35. The maximum atomic E-state index is 5.35. The Hall–Kier alpha value is -0.800. The van der Waals surface area contributed by atoms with Gasteiger partial charge in [0.1, 0.15) is 5.76 Å². The molecule has 0 radical (unpaired) electrons. The number of furan rings is 1. The van der Waals surface area contributed by atoms with Crippen molar-refractivity contribution in [2.75, 3.05) is 13.7 Å². The third kappa shape index (κ3) is 4.06. The Morgan fingerprint density at radius 1 is 1.53 bits per heavy atom. The molecule has 0 saturated carbocycles. The lowest BCUT2D eigenvalue weighted by atomic mass is 10.1. The fraction of sp³-hybridized carbons (Fsp3) is 0.667. The standard InChI is InChI=1S/C12H21NO2/c1-10(11-6-5-9-15-11)13-8-7-12(2,3)14-4/h5-6,9-10,13H,7-8H2,1-4H3. The average Bonchev–Trinajstić information content (AvgIpc) is 2.70. The molecule has 0 fully saturated rings. The van der Waals surface area contributed by atoms with Gasteiger partial charge in [0.25, 0.3) is 0 Å². The van der Waals surface area contributed by atoms with E-state index in [9.17, 15) is 0 Å². The summed E-state index contributed by atoms with van der Waals surface area (Å²) in [5.74, 6) is 0.977. The normalized spacial score (nSPS) is 14.1. The molecule has 1 rings (SSSR count). The van der Waals surface area contributed by atoms with Crippen molar-refractivity contribution >= 4 is 0 Å². The summed E-state index contributed by atoms with van der Waals surface area (Å²) in [6, 6.07) is 4.15. The predicted molar refractivity (Wildman–Crippen MR) is 60.8 cm³/mol. The zero-order valence-corrected chi connectivity index (χ0v) is 10.0. The van der Waals surface area contributed by atoms with Gasteiger partial charge in [-0.1, -0.05) is 0 Å². The molecule has 0 bridgehead atoms. The van der Waals surface area contributed by atoms with E-state index in [1.807, 2.05) is 12.1 Å². The van der Waals surface area contributed by atoms with Gasteiger partial charge in [0.05, 0.1) is 17.9 Å². The van der Waals surface area contributed by atoms with Crippen LogP contribution in [0.1, 0.15) is 39.0 Å². The van der Waals surface area contributed by atoms with E-state index in [2.05, 4.69) is 26.1 Å². The summed E-state index contributed by atoms with van der Waals surface area (Å²) in [5.41, 5.74) is -0.0596. The first-order chi connectivity index (χ1) is 7.05. The highest BCUT2D eigenvalue weighted by Gasteiger charge is 2.16. The van der Waals surface area contributed by atoms with Gasteiger partial charge in [0, 0.05) is 7.11 Å². The van der Waals surface area contributed by atoms with Gasteiger partial charge in [-0.2, -0.15) is 0 Å². The number of nitrogens with one attached hydrogen (secondary N) is 1. The van der Waals surface area contributed by atoms with Crippen LogP contribution in [0.15, 0.2) is 22.8 Å². The van der Waals surface area contributed by atoms with E-state index in [1.165, 1.54) is 0 Å². The molecule has 1 aromatic heterocycles. The molecule has 3 heteroatoms. The van der Waals surface area contributed by atoms with E-state index >= 15 is 0 Å². The summed E-state index contributed by atoms with van der Waals surface area (Å²) in [5, 5.41) is 3.40. The van der Waals surface area contributed by atoms with Crippen LogP contribution in [0.3, 0.4) is 0 Å². The van der Waals surface area contributed by atoms with E-state index in [-0.39, 0.29) is 11.6 Å². The second-order valence-electron chi connectivity index (χ2n) is 4.41. The second-order valence-corrected chi connectivity index (χ2v) is 4.41. The van der Waals surface area contributed by atoms with Crippen LogP contribution in [0, 0.1) is 0 Å². The zero-order valence-electron chi connectivity index (χ0n) is 10.0. The zero-order chi connectivity index (χ0) is 11.3. The Morgan fingerprint density at radius 2 is 2.27 bits per heavy atom. The first kappa shape index (κ1) is 12.3. The quantitative estimate of drug-likeness (QED) is 0.785. The first-order valence-electron chi connectivity index (χ1n) is 5.37. The van der Waals surface area contributed by atoms with E-state index in [0.717, 1.165) is 18.7 Å². The highest BCUT2D eigenvalue weighted by molar-refractivity contribution is 5.02.